The number of aromatic nitrogens is 1. The van der Waals surface area contributed by atoms with Gasteiger partial charge in [-0.15, -0.1) is 0 Å². The third-order valence-electron chi connectivity index (χ3n) is 4.59. The Bertz CT molecular complexity index is 920. The Balaban J connectivity index is 1.44. The van der Waals surface area contributed by atoms with Crippen LogP contribution in [-0.2, 0) is 6.54 Å². The molecule has 0 unspecified atom stereocenters. The van der Waals surface area contributed by atoms with Crippen molar-refractivity contribution in [3.8, 4) is 0 Å². The van der Waals surface area contributed by atoms with Crippen molar-refractivity contribution in [2.75, 3.05) is 13.1 Å². The summed E-state index contributed by atoms with van der Waals surface area (Å²) < 4.78 is 5.89. The van der Waals surface area contributed by atoms with E-state index in [0.29, 0.717) is 10.6 Å². The second-order valence-corrected chi connectivity index (χ2v) is 6.82. The van der Waals surface area contributed by atoms with Gasteiger partial charge in [-0.2, -0.15) is 0 Å². The number of carbonyl (C=O) groups is 1. The van der Waals surface area contributed by atoms with Gasteiger partial charge < -0.3 is 9.52 Å². The van der Waals surface area contributed by atoms with Gasteiger partial charge in [0.05, 0.1) is 5.56 Å². The summed E-state index contributed by atoms with van der Waals surface area (Å²) in [5.74, 6) is 0.134. The number of carboxylic acid groups (broad SMARTS) is 1. The van der Waals surface area contributed by atoms with E-state index in [2.05, 4.69) is 9.88 Å². The molecule has 0 radical (unpaired) electrons. The number of hydrogen-bond donors (Lipinski definition) is 1. The van der Waals surface area contributed by atoms with E-state index in [0.717, 1.165) is 48.6 Å². The highest BCUT2D eigenvalue weighted by Crippen LogP contribution is 2.30. The first kappa shape index (κ1) is 16.1. The third kappa shape index (κ3) is 3.38. The van der Waals surface area contributed by atoms with Gasteiger partial charge in [-0.3, -0.25) is 4.90 Å². The van der Waals surface area contributed by atoms with Gasteiger partial charge in [-0.1, -0.05) is 23.7 Å². The van der Waals surface area contributed by atoms with Crippen LogP contribution in [0.4, 0.5) is 0 Å². The van der Waals surface area contributed by atoms with Crippen LogP contribution in [0.2, 0.25) is 5.02 Å². The molecule has 4 rings (SSSR count). The van der Waals surface area contributed by atoms with Crippen LogP contribution >= 0.6 is 11.6 Å². The molecular weight excluding hydrogens is 340 g/mol. The van der Waals surface area contributed by atoms with Crippen molar-refractivity contribution in [3.05, 3.63) is 64.5 Å². The van der Waals surface area contributed by atoms with Gasteiger partial charge in [0.1, 0.15) is 5.52 Å². The van der Waals surface area contributed by atoms with Crippen molar-refractivity contribution >= 4 is 28.7 Å². The molecule has 1 aliphatic heterocycles. The van der Waals surface area contributed by atoms with E-state index in [1.54, 1.807) is 18.2 Å². The standard InChI is InChI=1S/C19H17ClN2O3/c20-15-5-6-17-16(9-15)21-18(25-17)14-7-8-22(11-14)10-12-1-3-13(4-2-12)19(23)24/h1-6,9,14H,7-8,10-11H2,(H,23,24)/t14-/m0/s1. The maximum atomic E-state index is 10.9. The molecule has 25 heavy (non-hydrogen) atoms. The Morgan fingerprint density at radius 2 is 2.08 bits per heavy atom. The quantitative estimate of drug-likeness (QED) is 0.760. The fourth-order valence-corrected chi connectivity index (χ4v) is 3.45. The number of oxazole rings is 1. The molecule has 0 spiro atoms. The van der Waals surface area contributed by atoms with Crippen LogP contribution in [0.5, 0.6) is 0 Å². The van der Waals surface area contributed by atoms with Crippen LogP contribution in [0.15, 0.2) is 46.9 Å². The molecule has 6 heteroatoms. The van der Waals surface area contributed by atoms with Crippen LogP contribution in [0.1, 0.15) is 34.2 Å². The largest absolute Gasteiger partial charge is 0.478 e. The first-order valence-corrected chi connectivity index (χ1v) is 8.57. The number of fused-ring (bicyclic) bond motifs is 1. The Hall–Kier alpha value is -2.37. The molecule has 2 aromatic carbocycles. The maximum absolute atomic E-state index is 10.9. The summed E-state index contributed by atoms with van der Waals surface area (Å²) in [6.07, 6.45) is 0.994. The third-order valence-corrected chi connectivity index (χ3v) is 4.83. The molecule has 1 atom stereocenters. The van der Waals surface area contributed by atoms with E-state index < -0.39 is 5.97 Å². The van der Waals surface area contributed by atoms with E-state index >= 15 is 0 Å². The molecule has 0 amide bonds. The number of carboxylic acids is 1. The summed E-state index contributed by atoms with van der Waals surface area (Å²) in [4.78, 5) is 17.8. The first-order chi connectivity index (χ1) is 12.1. The van der Waals surface area contributed by atoms with Gasteiger partial charge in [0, 0.05) is 24.0 Å². The lowest BCUT2D eigenvalue weighted by Crippen LogP contribution is -2.19. The van der Waals surface area contributed by atoms with Crippen molar-refractivity contribution in [2.45, 2.75) is 18.9 Å². The molecule has 2 heterocycles. The van der Waals surface area contributed by atoms with Gasteiger partial charge in [0.2, 0.25) is 0 Å². The molecule has 128 valence electrons. The van der Waals surface area contributed by atoms with Gasteiger partial charge in [-0.05, 0) is 48.9 Å². The molecule has 1 fully saturated rings. The molecule has 1 aliphatic rings. The van der Waals surface area contributed by atoms with Crippen molar-refractivity contribution < 1.29 is 14.3 Å². The molecule has 0 bridgehead atoms. The minimum Gasteiger partial charge on any atom is -0.478 e. The maximum Gasteiger partial charge on any atom is 0.335 e. The topological polar surface area (TPSA) is 66.6 Å². The molecule has 1 saturated heterocycles. The number of nitrogens with zero attached hydrogens (tertiary/aromatic N) is 2. The normalized spacial score (nSPS) is 18.0. The van der Waals surface area contributed by atoms with E-state index in [-0.39, 0.29) is 5.92 Å². The molecular formula is C19H17ClN2O3. The van der Waals surface area contributed by atoms with Crippen LogP contribution in [0, 0.1) is 0 Å². The lowest BCUT2D eigenvalue weighted by molar-refractivity contribution is 0.0697. The van der Waals surface area contributed by atoms with Crippen molar-refractivity contribution in [1.29, 1.82) is 0 Å². The van der Waals surface area contributed by atoms with E-state index in [9.17, 15) is 4.79 Å². The summed E-state index contributed by atoms with van der Waals surface area (Å²) >= 11 is 6.01. The number of halogens is 1. The second kappa shape index (κ2) is 6.50. The van der Waals surface area contributed by atoms with Crippen LogP contribution in [-0.4, -0.2) is 34.0 Å². The molecule has 3 aromatic rings. The summed E-state index contributed by atoms with van der Waals surface area (Å²) in [5, 5.41) is 9.62. The Morgan fingerprint density at radius 3 is 2.84 bits per heavy atom. The summed E-state index contributed by atoms with van der Waals surface area (Å²) in [5.41, 5.74) is 2.98. The predicted octanol–water partition coefficient (Wildman–Crippen LogP) is 4.17. The highest BCUT2D eigenvalue weighted by atomic mass is 35.5. The van der Waals surface area contributed by atoms with Crippen LogP contribution in [0.3, 0.4) is 0 Å². The smallest absolute Gasteiger partial charge is 0.335 e. The van der Waals surface area contributed by atoms with Gasteiger partial charge in [-0.25, -0.2) is 9.78 Å². The average Bonchev–Trinajstić information content (AvgIpc) is 3.21. The Labute approximate surface area is 149 Å². The monoisotopic (exact) mass is 356 g/mol. The predicted molar refractivity (Wildman–Crippen MR) is 95.1 cm³/mol. The van der Waals surface area contributed by atoms with E-state index in [1.807, 2.05) is 24.3 Å². The minimum atomic E-state index is -0.899. The summed E-state index contributed by atoms with van der Waals surface area (Å²) in [6, 6.07) is 12.5. The molecule has 0 aliphatic carbocycles. The highest BCUT2D eigenvalue weighted by Gasteiger charge is 2.27. The number of rotatable bonds is 4. The van der Waals surface area contributed by atoms with Crippen LogP contribution < -0.4 is 0 Å². The van der Waals surface area contributed by atoms with Gasteiger partial charge in [0.25, 0.3) is 0 Å². The second-order valence-electron chi connectivity index (χ2n) is 6.39. The van der Waals surface area contributed by atoms with Crippen molar-refractivity contribution in [1.82, 2.24) is 9.88 Å². The Morgan fingerprint density at radius 1 is 1.28 bits per heavy atom. The van der Waals surface area contributed by atoms with Gasteiger partial charge in [0.15, 0.2) is 11.5 Å². The van der Waals surface area contributed by atoms with E-state index in [1.165, 1.54) is 0 Å². The molecule has 1 N–H and O–H groups in total. The van der Waals surface area contributed by atoms with E-state index in [4.69, 9.17) is 21.1 Å². The zero-order valence-electron chi connectivity index (χ0n) is 13.5. The SMILES string of the molecule is O=C(O)c1ccc(CN2CC[C@H](c3nc4cc(Cl)ccc4o3)C2)cc1. The molecule has 1 aromatic heterocycles. The lowest BCUT2D eigenvalue weighted by atomic mass is 10.1. The summed E-state index contributed by atoms with van der Waals surface area (Å²) in [6.45, 7) is 2.63. The van der Waals surface area contributed by atoms with Gasteiger partial charge >= 0.3 is 5.97 Å². The van der Waals surface area contributed by atoms with Crippen LogP contribution in [0.25, 0.3) is 11.1 Å². The number of aromatic carboxylic acids is 1. The molecule has 0 saturated carbocycles. The molecule has 5 nitrogen and oxygen atoms in total. The number of benzene rings is 2. The summed E-state index contributed by atoms with van der Waals surface area (Å²) in [7, 11) is 0. The minimum absolute atomic E-state index is 0.268. The fourth-order valence-electron chi connectivity index (χ4n) is 3.28. The van der Waals surface area contributed by atoms with Crippen molar-refractivity contribution in [2.24, 2.45) is 0 Å². The Kier molecular flexibility index (Phi) is 4.19. The zero-order valence-corrected chi connectivity index (χ0v) is 14.2. The number of hydrogen-bond acceptors (Lipinski definition) is 4. The number of likely N-dealkylation sites (tertiary alicyclic amines) is 1. The highest BCUT2D eigenvalue weighted by molar-refractivity contribution is 6.31. The average molecular weight is 357 g/mol. The fraction of sp³-hybridized carbons (Fsp3) is 0.263. The zero-order chi connectivity index (χ0) is 17.4. The lowest BCUT2D eigenvalue weighted by Gasteiger charge is -2.15. The van der Waals surface area contributed by atoms with Crippen molar-refractivity contribution in [3.63, 3.8) is 0 Å². The first-order valence-electron chi connectivity index (χ1n) is 8.19.